The Morgan fingerprint density at radius 1 is 1.38 bits per heavy atom. The molecule has 0 aliphatic heterocycles. The van der Waals surface area contributed by atoms with Gasteiger partial charge in [0, 0.05) is 12.6 Å². The van der Waals surface area contributed by atoms with Crippen LogP contribution in [0, 0.1) is 12.8 Å². The molecule has 0 aromatic heterocycles. The molecule has 0 saturated carbocycles. The number of carbonyl (C=O) groups excluding carboxylic acids is 1. The smallest absolute Gasteiger partial charge is 0.319 e. The summed E-state index contributed by atoms with van der Waals surface area (Å²) in [5.41, 5.74) is 1.72. The van der Waals surface area contributed by atoms with Gasteiger partial charge in [0.2, 0.25) is 0 Å². The standard InChI is InChI=1S/C16H26N2O3/c1-5-21-15-10-12(4)6-7-14(15)18-16(20)17-13(8-9-19)11(2)3/h6-7,10-11,13,19H,5,8-9H2,1-4H3,(H2,17,18,20). The van der Waals surface area contributed by atoms with E-state index < -0.39 is 0 Å². The van der Waals surface area contributed by atoms with Crippen molar-refractivity contribution in [3.8, 4) is 5.75 Å². The summed E-state index contributed by atoms with van der Waals surface area (Å²) < 4.78 is 5.54. The maximum absolute atomic E-state index is 12.1. The Bertz CT molecular complexity index is 461. The summed E-state index contributed by atoms with van der Waals surface area (Å²) in [6.07, 6.45) is 0.539. The number of carbonyl (C=O) groups is 1. The van der Waals surface area contributed by atoms with Crippen LogP contribution in [0.15, 0.2) is 18.2 Å². The van der Waals surface area contributed by atoms with E-state index in [9.17, 15) is 4.79 Å². The Kier molecular flexibility index (Phi) is 7.02. The molecule has 0 heterocycles. The maximum Gasteiger partial charge on any atom is 0.319 e. The van der Waals surface area contributed by atoms with Gasteiger partial charge in [-0.1, -0.05) is 19.9 Å². The lowest BCUT2D eigenvalue weighted by Crippen LogP contribution is -2.41. The normalized spacial score (nSPS) is 12.1. The summed E-state index contributed by atoms with van der Waals surface area (Å²) in [5, 5.41) is 14.7. The molecule has 0 aliphatic rings. The highest BCUT2D eigenvalue weighted by molar-refractivity contribution is 5.91. The van der Waals surface area contributed by atoms with Crippen LogP contribution in [0.1, 0.15) is 32.8 Å². The molecule has 21 heavy (non-hydrogen) atoms. The molecule has 1 aromatic carbocycles. The van der Waals surface area contributed by atoms with Crippen molar-refractivity contribution in [2.45, 2.75) is 40.2 Å². The first kappa shape index (κ1) is 17.3. The zero-order valence-electron chi connectivity index (χ0n) is 13.3. The number of amides is 2. The summed E-state index contributed by atoms with van der Waals surface area (Å²) in [4.78, 5) is 12.1. The molecule has 118 valence electrons. The average molecular weight is 294 g/mol. The number of aliphatic hydroxyl groups is 1. The van der Waals surface area contributed by atoms with Gasteiger partial charge in [0.15, 0.2) is 0 Å². The zero-order valence-corrected chi connectivity index (χ0v) is 13.3. The van der Waals surface area contributed by atoms with Gasteiger partial charge in [0.1, 0.15) is 5.75 Å². The number of hydrogen-bond acceptors (Lipinski definition) is 3. The minimum atomic E-state index is -0.285. The highest BCUT2D eigenvalue weighted by atomic mass is 16.5. The summed E-state index contributed by atoms with van der Waals surface area (Å²) >= 11 is 0. The Hall–Kier alpha value is -1.75. The maximum atomic E-state index is 12.1. The highest BCUT2D eigenvalue weighted by Gasteiger charge is 2.16. The molecule has 1 aromatic rings. The van der Waals surface area contributed by atoms with Gasteiger partial charge in [0.05, 0.1) is 12.3 Å². The molecule has 1 atom stereocenters. The fourth-order valence-electron chi connectivity index (χ4n) is 2.05. The van der Waals surface area contributed by atoms with Crippen molar-refractivity contribution >= 4 is 11.7 Å². The van der Waals surface area contributed by atoms with Gasteiger partial charge in [-0.05, 0) is 43.9 Å². The van der Waals surface area contributed by atoms with E-state index in [-0.39, 0.29) is 24.6 Å². The molecule has 1 rings (SSSR count). The fourth-order valence-corrected chi connectivity index (χ4v) is 2.05. The van der Waals surface area contributed by atoms with Crippen LogP contribution in [0.3, 0.4) is 0 Å². The van der Waals surface area contributed by atoms with E-state index in [2.05, 4.69) is 10.6 Å². The third-order valence-electron chi connectivity index (χ3n) is 3.25. The van der Waals surface area contributed by atoms with Crippen molar-refractivity contribution in [3.63, 3.8) is 0 Å². The first-order valence-electron chi connectivity index (χ1n) is 7.39. The molecular formula is C16H26N2O3. The number of benzene rings is 1. The van der Waals surface area contributed by atoms with Crippen LogP contribution in [0.2, 0.25) is 0 Å². The van der Waals surface area contributed by atoms with Crippen molar-refractivity contribution in [2.24, 2.45) is 5.92 Å². The number of aliphatic hydroxyl groups excluding tert-OH is 1. The Morgan fingerprint density at radius 2 is 2.10 bits per heavy atom. The SMILES string of the molecule is CCOc1cc(C)ccc1NC(=O)NC(CCO)C(C)C. The van der Waals surface area contributed by atoms with Crippen LogP contribution in [-0.4, -0.2) is 30.4 Å². The van der Waals surface area contributed by atoms with Crippen molar-refractivity contribution in [1.29, 1.82) is 0 Å². The lowest BCUT2D eigenvalue weighted by molar-refractivity contribution is 0.227. The molecule has 0 fully saturated rings. The van der Waals surface area contributed by atoms with Gasteiger partial charge in [-0.2, -0.15) is 0 Å². The van der Waals surface area contributed by atoms with Gasteiger partial charge in [-0.15, -0.1) is 0 Å². The summed E-state index contributed by atoms with van der Waals surface area (Å²) in [7, 11) is 0. The topological polar surface area (TPSA) is 70.6 Å². The molecular weight excluding hydrogens is 268 g/mol. The number of urea groups is 1. The molecule has 0 spiro atoms. The van der Waals surface area contributed by atoms with Gasteiger partial charge in [-0.3, -0.25) is 0 Å². The van der Waals surface area contributed by atoms with Crippen LogP contribution in [0.4, 0.5) is 10.5 Å². The minimum Gasteiger partial charge on any atom is -0.492 e. The molecule has 5 nitrogen and oxygen atoms in total. The van der Waals surface area contributed by atoms with Crippen LogP contribution < -0.4 is 15.4 Å². The number of aryl methyl sites for hydroxylation is 1. The second-order valence-corrected chi connectivity index (χ2v) is 5.39. The number of hydrogen-bond donors (Lipinski definition) is 3. The molecule has 3 N–H and O–H groups in total. The summed E-state index contributed by atoms with van der Waals surface area (Å²) in [6.45, 7) is 8.50. The zero-order chi connectivity index (χ0) is 15.8. The fraction of sp³-hybridized carbons (Fsp3) is 0.562. The molecule has 0 saturated heterocycles. The van der Waals surface area contributed by atoms with Crippen molar-refractivity contribution in [2.75, 3.05) is 18.5 Å². The second-order valence-electron chi connectivity index (χ2n) is 5.39. The molecule has 0 radical (unpaired) electrons. The van der Waals surface area contributed by atoms with E-state index in [0.29, 0.717) is 24.5 Å². The van der Waals surface area contributed by atoms with Gasteiger partial charge in [0.25, 0.3) is 0 Å². The third kappa shape index (κ3) is 5.63. The monoisotopic (exact) mass is 294 g/mol. The van der Waals surface area contributed by atoms with E-state index in [1.54, 1.807) is 0 Å². The summed E-state index contributed by atoms with van der Waals surface area (Å²) in [5.74, 6) is 0.920. The number of anilines is 1. The van der Waals surface area contributed by atoms with Crippen molar-refractivity contribution in [3.05, 3.63) is 23.8 Å². The van der Waals surface area contributed by atoms with Gasteiger partial charge < -0.3 is 20.5 Å². The average Bonchev–Trinajstić information content (AvgIpc) is 2.41. The highest BCUT2D eigenvalue weighted by Crippen LogP contribution is 2.25. The molecule has 1 unspecified atom stereocenters. The van der Waals surface area contributed by atoms with E-state index in [0.717, 1.165) is 5.56 Å². The largest absolute Gasteiger partial charge is 0.492 e. The molecule has 0 aliphatic carbocycles. The molecule has 2 amide bonds. The quantitative estimate of drug-likeness (QED) is 0.724. The minimum absolute atomic E-state index is 0.0534. The van der Waals surface area contributed by atoms with E-state index in [1.807, 2.05) is 45.9 Å². The Morgan fingerprint density at radius 3 is 2.67 bits per heavy atom. The van der Waals surface area contributed by atoms with E-state index >= 15 is 0 Å². The third-order valence-corrected chi connectivity index (χ3v) is 3.25. The molecule has 5 heteroatoms. The van der Waals surface area contributed by atoms with Crippen LogP contribution in [0.5, 0.6) is 5.75 Å². The van der Waals surface area contributed by atoms with Crippen molar-refractivity contribution < 1.29 is 14.6 Å². The van der Waals surface area contributed by atoms with Crippen molar-refractivity contribution in [1.82, 2.24) is 5.32 Å². The second kappa shape index (κ2) is 8.52. The van der Waals surface area contributed by atoms with Crippen LogP contribution in [-0.2, 0) is 0 Å². The van der Waals surface area contributed by atoms with Gasteiger partial charge in [-0.25, -0.2) is 4.79 Å². The Balaban J connectivity index is 2.73. The van der Waals surface area contributed by atoms with Gasteiger partial charge >= 0.3 is 6.03 Å². The predicted octanol–water partition coefficient (Wildman–Crippen LogP) is 2.92. The van der Waals surface area contributed by atoms with E-state index in [4.69, 9.17) is 9.84 Å². The van der Waals surface area contributed by atoms with Crippen LogP contribution >= 0.6 is 0 Å². The van der Waals surface area contributed by atoms with Crippen LogP contribution in [0.25, 0.3) is 0 Å². The first-order valence-corrected chi connectivity index (χ1v) is 7.39. The predicted molar refractivity (Wildman–Crippen MR) is 84.8 cm³/mol. The number of nitrogens with one attached hydrogen (secondary N) is 2. The first-order chi connectivity index (χ1) is 9.97. The lowest BCUT2D eigenvalue weighted by atomic mass is 10.0. The Labute approximate surface area is 126 Å². The number of rotatable bonds is 7. The lowest BCUT2D eigenvalue weighted by Gasteiger charge is -2.22. The number of ether oxygens (including phenoxy) is 1. The summed E-state index contributed by atoms with van der Waals surface area (Å²) in [6, 6.07) is 5.30. The van der Waals surface area contributed by atoms with E-state index in [1.165, 1.54) is 0 Å². The molecule has 0 bridgehead atoms.